The van der Waals surface area contributed by atoms with E-state index in [9.17, 15) is 4.79 Å². The van der Waals surface area contributed by atoms with Gasteiger partial charge in [0.2, 0.25) is 5.91 Å². The third-order valence-electron chi connectivity index (χ3n) is 4.03. The number of amides is 1. The average molecular weight is 350 g/mol. The minimum absolute atomic E-state index is 0.00250. The molecule has 2 aromatic carbocycles. The topological polar surface area (TPSA) is 44.4 Å². The van der Waals surface area contributed by atoms with Crippen LogP contribution in [0.4, 0.5) is 5.69 Å². The Hall–Kier alpha value is -1.59. The molecule has 0 radical (unpaired) electrons. The fourth-order valence-electron chi connectivity index (χ4n) is 2.76. The summed E-state index contributed by atoms with van der Waals surface area (Å²) in [6.45, 7) is 0. The van der Waals surface area contributed by atoms with E-state index in [0.29, 0.717) is 22.2 Å². The summed E-state index contributed by atoms with van der Waals surface area (Å²) in [5.74, 6) is -0.0415. The van der Waals surface area contributed by atoms with E-state index in [2.05, 4.69) is 10.9 Å². The molecule has 1 saturated heterocycles. The van der Waals surface area contributed by atoms with Crippen LogP contribution in [0.5, 0.6) is 0 Å². The summed E-state index contributed by atoms with van der Waals surface area (Å²) in [4.78, 5) is 14.3. The van der Waals surface area contributed by atoms with Crippen LogP contribution in [0.25, 0.3) is 0 Å². The van der Waals surface area contributed by atoms with Crippen LogP contribution in [0.3, 0.4) is 0 Å². The third-order valence-corrected chi connectivity index (χ3v) is 4.69. The van der Waals surface area contributed by atoms with Crippen molar-refractivity contribution in [2.75, 3.05) is 11.9 Å². The van der Waals surface area contributed by atoms with Crippen molar-refractivity contribution in [1.82, 2.24) is 10.9 Å². The Bertz CT molecular complexity index is 722. The van der Waals surface area contributed by atoms with Gasteiger partial charge in [-0.3, -0.25) is 4.79 Å². The van der Waals surface area contributed by atoms with Crippen molar-refractivity contribution >= 4 is 34.8 Å². The number of benzene rings is 2. The number of anilines is 1. The molecular weight excluding hydrogens is 333 g/mol. The van der Waals surface area contributed by atoms with E-state index < -0.39 is 0 Å². The van der Waals surface area contributed by atoms with Gasteiger partial charge < -0.3 is 4.90 Å². The van der Waals surface area contributed by atoms with E-state index in [0.717, 1.165) is 5.56 Å². The van der Waals surface area contributed by atoms with Crippen molar-refractivity contribution < 1.29 is 4.79 Å². The predicted molar refractivity (Wildman–Crippen MR) is 93.7 cm³/mol. The molecule has 2 atom stereocenters. The maximum Gasteiger partial charge on any atom is 0.245 e. The Morgan fingerprint density at radius 1 is 1.04 bits per heavy atom. The van der Waals surface area contributed by atoms with Gasteiger partial charge in [0, 0.05) is 18.1 Å². The molecule has 1 heterocycles. The first kappa shape index (κ1) is 16.3. The molecule has 0 spiro atoms. The summed E-state index contributed by atoms with van der Waals surface area (Å²) in [6, 6.07) is 14.6. The van der Waals surface area contributed by atoms with Crippen molar-refractivity contribution in [1.29, 1.82) is 0 Å². The van der Waals surface area contributed by atoms with Crippen molar-refractivity contribution in [3.05, 3.63) is 64.1 Å². The number of para-hydroxylation sites is 1. The highest BCUT2D eigenvalue weighted by Crippen LogP contribution is 2.30. The van der Waals surface area contributed by atoms with Crippen LogP contribution >= 0.6 is 23.2 Å². The summed E-state index contributed by atoms with van der Waals surface area (Å²) in [6.07, 6.45) is 0.622. The maximum atomic E-state index is 12.7. The number of hydrogen-bond donors (Lipinski definition) is 2. The van der Waals surface area contributed by atoms with Crippen LogP contribution in [0.1, 0.15) is 18.0 Å². The predicted octanol–water partition coefficient (Wildman–Crippen LogP) is 3.56. The normalized spacial score (nSPS) is 20.5. The molecule has 1 fully saturated rings. The molecule has 1 amide bonds. The number of halogens is 2. The first-order chi connectivity index (χ1) is 11.1. The zero-order chi connectivity index (χ0) is 16.4. The Kier molecular flexibility index (Phi) is 4.87. The third kappa shape index (κ3) is 3.35. The lowest BCUT2D eigenvalue weighted by Crippen LogP contribution is -2.44. The number of nitrogens with zero attached hydrogens (tertiary/aromatic N) is 1. The van der Waals surface area contributed by atoms with E-state index in [-0.39, 0.29) is 18.0 Å². The summed E-state index contributed by atoms with van der Waals surface area (Å²) >= 11 is 12.4. The summed E-state index contributed by atoms with van der Waals surface area (Å²) in [5, 5.41) is 1.25. The minimum atomic E-state index is -0.336. The largest absolute Gasteiger partial charge is 0.313 e. The highest BCUT2D eigenvalue weighted by atomic mass is 35.5. The number of likely N-dealkylation sites (N-methyl/N-ethyl adjacent to an activating group) is 1. The molecule has 0 aliphatic carbocycles. The van der Waals surface area contributed by atoms with Crippen molar-refractivity contribution in [3.63, 3.8) is 0 Å². The Morgan fingerprint density at radius 3 is 2.39 bits per heavy atom. The van der Waals surface area contributed by atoms with E-state index in [1.54, 1.807) is 18.0 Å². The Balaban J connectivity index is 1.73. The van der Waals surface area contributed by atoms with Gasteiger partial charge in [0.25, 0.3) is 0 Å². The van der Waals surface area contributed by atoms with Crippen molar-refractivity contribution in [2.45, 2.75) is 18.5 Å². The number of rotatable bonds is 3. The number of hydrogen-bond acceptors (Lipinski definition) is 3. The Morgan fingerprint density at radius 2 is 1.70 bits per heavy atom. The lowest BCUT2D eigenvalue weighted by atomic mass is 10.0. The van der Waals surface area contributed by atoms with Crippen LogP contribution in [-0.4, -0.2) is 19.0 Å². The monoisotopic (exact) mass is 349 g/mol. The fraction of sp³-hybridized carbons (Fsp3) is 0.235. The molecule has 1 aliphatic heterocycles. The maximum absolute atomic E-state index is 12.7. The second-order valence-corrected chi connectivity index (χ2v) is 6.31. The molecule has 2 unspecified atom stereocenters. The molecule has 1 aliphatic rings. The van der Waals surface area contributed by atoms with Gasteiger partial charge in [0.05, 0.1) is 10.7 Å². The number of carbonyl (C=O) groups is 1. The van der Waals surface area contributed by atoms with Crippen molar-refractivity contribution in [2.24, 2.45) is 0 Å². The van der Waals surface area contributed by atoms with Gasteiger partial charge in [-0.25, -0.2) is 10.9 Å². The van der Waals surface area contributed by atoms with Gasteiger partial charge in [0.15, 0.2) is 0 Å². The van der Waals surface area contributed by atoms with Crippen LogP contribution in [0.15, 0.2) is 48.5 Å². The lowest BCUT2D eigenvalue weighted by Gasteiger charge is -2.21. The SMILES string of the molecule is CN(C(=O)C1CC(c2ccccc2Cl)NN1)c1ccccc1Cl. The van der Waals surface area contributed by atoms with Crippen LogP contribution in [-0.2, 0) is 4.79 Å². The standard InChI is InChI=1S/C17H17Cl2N3O/c1-22(16-9-5-4-8-13(16)19)17(23)15-10-14(20-21-15)11-6-2-3-7-12(11)18/h2-9,14-15,20-21H,10H2,1H3. The molecule has 6 heteroatoms. The van der Waals surface area contributed by atoms with Crippen LogP contribution < -0.4 is 15.8 Å². The van der Waals surface area contributed by atoms with Gasteiger partial charge in [-0.1, -0.05) is 53.5 Å². The molecular formula is C17H17Cl2N3O. The molecule has 0 saturated carbocycles. The minimum Gasteiger partial charge on any atom is -0.313 e. The Labute approximate surface area is 145 Å². The molecule has 3 rings (SSSR count). The molecule has 120 valence electrons. The molecule has 0 bridgehead atoms. The smallest absolute Gasteiger partial charge is 0.245 e. The molecule has 2 N–H and O–H groups in total. The average Bonchev–Trinajstić information content (AvgIpc) is 3.04. The molecule has 23 heavy (non-hydrogen) atoms. The first-order valence-electron chi connectivity index (χ1n) is 7.35. The van der Waals surface area contributed by atoms with E-state index in [4.69, 9.17) is 23.2 Å². The number of hydrazine groups is 1. The first-order valence-corrected chi connectivity index (χ1v) is 8.11. The number of carbonyl (C=O) groups excluding carboxylic acids is 1. The highest BCUT2D eigenvalue weighted by molar-refractivity contribution is 6.33. The number of nitrogens with one attached hydrogen (secondary N) is 2. The summed E-state index contributed by atoms with van der Waals surface area (Å²) in [5.41, 5.74) is 7.89. The van der Waals surface area contributed by atoms with Gasteiger partial charge in [-0.15, -0.1) is 0 Å². The quantitative estimate of drug-likeness (QED) is 0.890. The van der Waals surface area contributed by atoms with E-state index in [1.165, 1.54) is 0 Å². The molecule has 0 aromatic heterocycles. The molecule has 2 aromatic rings. The molecule has 4 nitrogen and oxygen atoms in total. The highest BCUT2D eigenvalue weighted by Gasteiger charge is 2.33. The lowest BCUT2D eigenvalue weighted by molar-refractivity contribution is -0.120. The van der Waals surface area contributed by atoms with Gasteiger partial charge in [-0.05, 0) is 30.2 Å². The zero-order valence-electron chi connectivity index (χ0n) is 12.6. The van der Waals surface area contributed by atoms with Gasteiger partial charge >= 0.3 is 0 Å². The second kappa shape index (κ2) is 6.89. The van der Waals surface area contributed by atoms with Gasteiger partial charge in [-0.2, -0.15) is 0 Å². The van der Waals surface area contributed by atoms with Crippen LogP contribution in [0.2, 0.25) is 10.0 Å². The van der Waals surface area contributed by atoms with Gasteiger partial charge in [0.1, 0.15) is 6.04 Å². The van der Waals surface area contributed by atoms with E-state index >= 15 is 0 Å². The second-order valence-electron chi connectivity index (χ2n) is 5.50. The van der Waals surface area contributed by atoms with Crippen LogP contribution in [0, 0.1) is 0 Å². The van der Waals surface area contributed by atoms with Crippen molar-refractivity contribution in [3.8, 4) is 0 Å². The fourth-order valence-corrected chi connectivity index (χ4v) is 3.29. The summed E-state index contributed by atoms with van der Waals surface area (Å²) in [7, 11) is 1.73. The summed E-state index contributed by atoms with van der Waals surface area (Å²) < 4.78 is 0. The zero-order valence-corrected chi connectivity index (χ0v) is 14.1. The van der Waals surface area contributed by atoms with E-state index in [1.807, 2.05) is 42.5 Å².